The highest BCUT2D eigenvalue weighted by atomic mass is 127. The van der Waals surface area contributed by atoms with Crippen LogP contribution >= 0.6 is 23.0 Å². The van der Waals surface area contributed by atoms with E-state index in [2.05, 4.69) is 25.2 Å². The van der Waals surface area contributed by atoms with E-state index >= 15 is 0 Å². The fraction of sp³-hybridized carbons (Fsp3) is 0.385. The topological polar surface area (TPSA) is 66.3 Å². The van der Waals surface area contributed by atoms with Crippen LogP contribution in [0.15, 0.2) is 29.6 Å². The Bertz CT molecular complexity index is 439. The van der Waals surface area contributed by atoms with Crippen LogP contribution in [0.3, 0.4) is 0 Å². The van der Waals surface area contributed by atoms with Crippen LogP contribution in [0.5, 0.6) is 5.75 Å². The summed E-state index contributed by atoms with van der Waals surface area (Å²) in [5.74, 6) is 0.462. The maximum absolute atomic E-state index is 10.7. The van der Waals surface area contributed by atoms with E-state index in [4.69, 9.17) is 4.74 Å². The van der Waals surface area contributed by atoms with Crippen LogP contribution in [0.2, 0.25) is 0 Å². The monoisotopic (exact) mass is 393 g/mol. The molecule has 0 saturated heterocycles. The fourth-order valence-corrected chi connectivity index (χ4v) is 1.59. The first-order chi connectivity index (χ1) is 9.81. The van der Waals surface area contributed by atoms with E-state index in [0.717, 1.165) is 24.8 Å². The predicted octanol–water partition coefficient (Wildman–Crippen LogP) is 4.85. The normalized spacial score (nSPS) is 10.7. The highest BCUT2D eigenvalue weighted by Crippen LogP contribution is 2.29. The quantitative estimate of drug-likeness (QED) is 0.142. The first kappa shape index (κ1) is 16.9. The molecule has 0 N–H and O–H groups in total. The Morgan fingerprint density at radius 1 is 1.35 bits per heavy atom. The molecule has 0 radical (unpaired) electrons. The average Bonchev–Trinajstić information content (AvgIpc) is 2.48. The molecule has 1 aromatic carbocycles. The lowest BCUT2D eigenvalue weighted by molar-refractivity contribution is -0.417. The van der Waals surface area contributed by atoms with E-state index in [1.165, 1.54) is 29.3 Å². The van der Waals surface area contributed by atoms with Crippen molar-refractivity contribution in [2.45, 2.75) is 26.2 Å². The van der Waals surface area contributed by atoms with Gasteiger partial charge in [0.15, 0.2) is 23.0 Å². The SMILES string of the molecule is CCCCCOc1cc(/C=C/OOOI)ccc1N=O. The molecular weight excluding hydrogens is 377 g/mol. The van der Waals surface area contributed by atoms with Crippen molar-refractivity contribution in [2.24, 2.45) is 5.18 Å². The second-order valence-electron chi connectivity index (χ2n) is 3.90. The number of rotatable bonds is 10. The van der Waals surface area contributed by atoms with Gasteiger partial charge in [-0.1, -0.05) is 25.8 Å². The van der Waals surface area contributed by atoms with Crippen LogP contribution < -0.4 is 4.74 Å². The molecule has 6 nitrogen and oxygen atoms in total. The van der Waals surface area contributed by atoms with E-state index in [1.54, 1.807) is 24.3 Å². The number of halogens is 1. The van der Waals surface area contributed by atoms with E-state index in [1.807, 2.05) is 0 Å². The molecule has 0 heterocycles. The van der Waals surface area contributed by atoms with E-state index < -0.39 is 0 Å². The summed E-state index contributed by atoms with van der Waals surface area (Å²) in [4.78, 5) is 15.3. The van der Waals surface area contributed by atoms with Crippen LogP contribution in [0, 0.1) is 4.91 Å². The molecule has 0 aliphatic heterocycles. The summed E-state index contributed by atoms with van der Waals surface area (Å²) < 4.78 is 9.80. The lowest BCUT2D eigenvalue weighted by atomic mass is 10.2. The van der Waals surface area contributed by atoms with Crippen molar-refractivity contribution in [2.75, 3.05) is 6.61 Å². The Balaban J connectivity index is 2.64. The zero-order chi connectivity index (χ0) is 14.6. The number of nitroso groups, excluding NO2 is 1. The zero-order valence-electron chi connectivity index (χ0n) is 11.1. The summed E-state index contributed by atoms with van der Waals surface area (Å²) in [6, 6.07) is 5.03. The number of benzene rings is 1. The summed E-state index contributed by atoms with van der Waals surface area (Å²) >= 11 is 1.53. The van der Waals surface area contributed by atoms with Gasteiger partial charge >= 0.3 is 0 Å². The van der Waals surface area contributed by atoms with Crippen LogP contribution in [0.4, 0.5) is 5.69 Å². The van der Waals surface area contributed by atoms with Gasteiger partial charge in [-0.15, -0.1) is 8.12 Å². The lowest BCUT2D eigenvalue weighted by Gasteiger charge is -2.08. The first-order valence-electron chi connectivity index (χ1n) is 6.19. The third kappa shape index (κ3) is 6.31. The second-order valence-corrected chi connectivity index (χ2v) is 4.26. The van der Waals surface area contributed by atoms with Gasteiger partial charge in [0, 0.05) is 0 Å². The maximum atomic E-state index is 10.7. The first-order valence-corrected chi connectivity index (χ1v) is 7.07. The van der Waals surface area contributed by atoms with Gasteiger partial charge in [0.25, 0.3) is 0 Å². The lowest BCUT2D eigenvalue weighted by Crippen LogP contribution is -1.97. The highest BCUT2D eigenvalue weighted by molar-refractivity contribution is 14.1. The molecule has 0 bridgehead atoms. The van der Waals surface area contributed by atoms with Crippen molar-refractivity contribution in [1.82, 2.24) is 0 Å². The van der Waals surface area contributed by atoms with Gasteiger partial charge in [0.05, 0.1) is 6.61 Å². The molecule has 110 valence electrons. The molecule has 0 aromatic heterocycles. The number of nitrogens with zero attached hydrogens (tertiary/aromatic N) is 1. The van der Waals surface area contributed by atoms with Gasteiger partial charge < -0.3 is 9.62 Å². The Morgan fingerprint density at radius 3 is 2.90 bits per heavy atom. The average molecular weight is 393 g/mol. The molecule has 0 saturated carbocycles. The zero-order valence-corrected chi connectivity index (χ0v) is 13.2. The largest absolute Gasteiger partial charge is 0.491 e. The number of ether oxygens (including phenoxy) is 1. The number of hydrogen-bond donors (Lipinski definition) is 0. The molecule has 0 amide bonds. The van der Waals surface area contributed by atoms with Crippen molar-refractivity contribution < 1.29 is 17.9 Å². The van der Waals surface area contributed by atoms with Crippen LogP contribution in [-0.2, 0) is 13.1 Å². The van der Waals surface area contributed by atoms with Crippen molar-refractivity contribution in [1.29, 1.82) is 0 Å². The Morgan fingerprint density at radius 2 is 2.20 bits per heavy atom. The Kier molecular flexibility index (Phi) is 8.92. The molecule has 0 atom stereocenters. The Hall–Kier alpha value is -1.19. The van der Waals surface area contributed by atoms with E-state index in [9.17, 15) is 4.91 Å². The highest BCUT2D eigenvalue weighted by Gasteiger charge is 2.05. The van der Waals surface area contributed by atoms with Crippen molar-refractivity contribution >= 4 is 34.8 Å². The molecule has 1 rings (SSSR count). The van der Waals surface area contributed by atoms with Crippen molar-refractivity contribution in [3.63, 3.8) is 0 Å². The molecule has 1 aromatic rings. The maximum Gasteiger partial charge on any atom is 0.159 e. The summed E-state index contributed by atoms with van der Waals surface area (Å²) in [5, 5.41) is 7.17. The molecular formula is C13H16INO5. The molecule has 0 aliphatic carbocycles. The van der Waals surface area contributed by atoms with Gasteiger partial charge in [-0.2, -0.15) is 0 Å². The minimum Gasteiger partial charge on any atom is -0.491 e. The van der Waals surface area contributed by atoms with Gasteiger partial charge in [0.2, 0.25) is 0 Å². The predicted molar refractivity (Wildman–Crippen MR) is 83.2 cm³/mol. The summed E-state index contributed by atoms with van der Waals surface area (Å²) in [6.45, 7) is 2.68. The van der Waals surface area contributed by atoms with E-state index in [-0.39, 0.29) is 5.69 Å². The molecule has 20 heavy (non-hydrogen) atoms. The molecule has 0 aliphatic rings. The summed E-state index contributed by atoms with van der Waals surface area (Å²) in [5.41, 5.74) is 1.08. The van der Waals surface area contributed by atoms with Gasteiger partial charge in [-0.05, 0) is 40.4 Å². The third-order valence-corrected chi connectivity index (χ3v) is 2.62. The van der Waals surface area contributed by atoms with E-state index in [0.29, 0.717) is 12.4 Å². The number of unbranched alkanes of at least 4 members (excludes halogenated alkanes) is 2. The minimum absolute atomic E-state index is 0.284. The summed E-state index contributed by atoms with van der Waals surface area (Å²) in [7, 11) is 0. The van der Waals surface area contributed by atoms with Crippen molar-refractivity contribution in [3.8, 4) is 5.75 Å². The van der Waals surface area contributed by atoms with Gasteiger partial charge in [-0.3, -0.25) is 0 Å². The smallest absolute Gasteiger partial charge is 0.159 e. The Labute approximate surface area is 131 Å². The molecule has 0 fully saturated rings. The summed E-state index contributed by atoms with van der Waals surface area (Å²) in [6.07, 6.45) is 6.09. The van der Waals surface area contributed by atoms with Crippen LogP contribution in [0.25, 0.3) is 6.08 Å². The third-order valence-electron chi connectivity index (χ3n) is 2.47. The van der Waals surface area contributed by atoms with Gasteiger partial charge in [0.1, 0.15) is 17.7 Å². The number of hydrogen-bond acceptors (Lipinski definition) is 6. The molecule has 0 unspecified atom stereocenters. The standard InChI is InChI=1S/C13H16INO5/c1-2-3-4-8-17-13-10-11(5-6-12(13)15-16)7-9-18-20-19-14/h5-7,9-10H,2-4,8H2,1H3/b9-7+. The van der Waals surface area contributed by atoms with Crippen LogP contribution in [0.1, 0.15) is 31.7 Å². The molecule has 7 heteroatoms. The fourth-order valence-electron chi connectivity index (χ4n) is 1.50. The van der Waals surface area contributed by atoms with Crippen molar-refractivity contribution in [3.05, 3.63) is 34.9 Å². The minimum atomic E-state index is 0.284. The van der Waals surface area contributed by atoms with Crippen LogP contribution in [-0.4, -0.2) is 6.61 Å². The van der Waals surface area contributed by atoms with Gasteiger partial charge in [-0.25, -0.2) is 0 Å². The molecule has 0 spiro atoms. The second kappa shape index (κ2) is 10.6.